The van der Waals surface area contributed by atoms with Crippen LogP contribution < -0.4 is 0 Å². The zero-order valence-electron chi connectivity index (χ0n) is 27.4. The van der Waals surface area contributed by atoms with Crippen LogP contribution in [-0.2, 0) is 19.1 Å². The highest BCUT2D eigenvalue weighted by atomic mass is 16.6. The van der Waals surface area contributed by atoms with Crippen molar-refractivity contribution in [1.29, 1.82) is 0 Å². The minimum absolute atomic E-state index is 0.0945. The Balaban J connectivity index is 1.36. The molecule has 11 atom stereocenters. The maximum atomic E-state index is 13.9. The number of ether oxygens (including phenoxy) is 1. The quantitative estimate of drug-likeness (QED) is 0.253. The molecule has 0 aromatic carbocycles. The van der Waals surface area contributed by atoms with Gasteiger partial charge in [0.1, 0.15) is 6.29 Å². The minimum Gasteiger partial charge on any atom is -0.450 e. The topological polar surface area (TPSA) is 60.4 Å². The van der Waals surface area contributed by atoms with E-state index in [2.05, 4.69) is 48.5 Å². The van der Waals surface area contributed by atoms with E-state index in [9.17, 15) is 14.4 Å². The standard InChI is InChI=1S/C37H58O4/c1-9-24-10-13-29(39)37(41-31(24)40)21-18-33(6)27(32(37,4)5)15-16-35(8)28(33)12-11-26-30-25(23(2)3)14-17-36(30,22-38)20-19-34(26,35)7/h22-28,30H,9-21H2,1-8H3/t24?,25-,26+,27-,28+,30+,33-,34+,35+,36+,37?/m0/s1. The van der Waals surface area contributed by atoms with Crippen LogP contribution in [0.25, 0.3) is 0 Å². The molecular formula is C37H58O4. The van der Waals surface area contributed by atoms with E-state index in [4.69, 9.17) is 4.74 Å². The molecule has 0 N–H and O–H groups in total. The number of Topliss-reactive ketones (excluding diaryl/α,β-unsaturated/α-hetero) is 1. The zero-order chi connectivity index (χ0) is 29.8. The first-order valence-corrected chi connectivity index (χ1v) is 17.4. The summed E-state index contributed by atoms with van der Waals surface area (Å²) < 4.78 is 6.42. The molecule has 4 heteroatoms. The molecule has 0 aromatic heterocycles. The smallest absolute Gasteiger partial charge is 0.309 e. The Morgan fingerprint density at radius 2 is 1.56 bits per heavy atom. The Kier molecular flexibility index (Phi) is 6.85. The summed E-state index contributed by atoms with van der Waals surface area (Å²) in [7, 11) is 0. The van der Waals surface area contributed by atoms with Gasteiger partial charge in [0, 0.05) is 17.3 Å². The van der Waals surface area contributed by atoms with Crippen LogP contribution in [0.3, 0.4) is 0 Å². The van der Waals surface area contributed by atoms with Gasteiger partial charge in [-0.05, 0) is 129 Å². The fraction of sp³-hybridized carbons (Fsp3) is 0.919. The molecule has 0 radical (unpaired) electrons. The fourth-order valence-electron chi connectivity index (χ4n) is 13.6. The van der Waals surface area contributed by atoms with Crippen molar-refractivity contribution < 1.29 is 19.1 Å². The van der Waals surface area contributed by atoms with E-state index >= 15 is 0 Å². The molecule has 0 amide bonds. The van der Waals surface area contributed by atoms with Crippen LogP contribution in [-0.4, -0.2) is 23.6 Å². The molecule has 6 rings (SSSR count). The second-order valence-electron chi connectivity index (χ2n) is 17.5. The van der Waals surface area contributed by atoms with Gasteiger partial charge < -0.3 is 9.53 Å². The van der Waals surface area contributed by atoms with E-state index in [-0.39, 0.29) is 44.7 Å². The highest BCUT2D eigenvalue weighted by molar-refractivity contribution is 5.93. The first-order chi connectivity index (χ1) is 19.2. The molecule has 4 nitrogen and oxygen atoms in total. The molecule has 230 valence electrons. The van der Waals surface area contributed by atoms with Crippen molar-refractivity contribution in [2.75, 3.05) is 0 Å². The predicted molar refractivity (Wildman–Crippen MR) is 162 cm³/mol. The van der Waals surface area contributed by atoms with Gasteiger partial charge in [-0.2, -0.15) is 0 Å². The van der Waals surface area contributed by atoms with Gasteiger partial charge in [-0.25, -0.2) is 0 Å². The molecule has 5 aliphatic carbocycles. The SMILES string of the molecule is CCC1CCC(=O)C2(CC[C@]3(C)[C@H]4CC[C@@H]5[C@H]6[C@H](C(C)C)CC[C@]6(C=O)CC[C@@]5(C)[C@]4(C)CC[C@H]3C2(C)C)OC1=O. The number of carbonyl (C=O) groups excluding carboxylic acids is 3. The van der Waals surface area contributed by atoms with E-state index in [0.29, 0.717) is 54.8 Å². The van der Waals surface area contributed by atoms with Crippen molar-refractivity contribution in [2.24, 2.45) is 68.5 Å². The van der Waals surface area contributed by atoms with Crippen molar-refractivity contribution in [1.82, 2.24) is 0 Å². The van der Waals surface area contributed by atoms with Gasteiger partial charge in [-0.1, -0.05) is 55.4 Å². The van der Waals surface area contributed by atoms with Gasteiger partial charge in [-0.15, -0.1) is 0 Å². The van der Waals surface area contributed by atoms with Gasteiger partial charge in [0.25, 0.3) is 0 Å². The van der Waals surface area contributed by atoms with E-state index in [1.807, 2.05) is 6.92 Å². The number of fused-ring (bicyclic) bond motifs is 7. The first-order valence-electron chi connectivity index (χ1n) is 17.4. The lowest BCUT2D eigenvalue weighted by atomic mass is 9.31. The van der Waals surface area contributed by atoms with Gasteiger partial charge in [0.15, 0.2) is 11.4 Å². The largest absolute Gasteiger partial charge is 0.450 e. The number of ketones is 1. The van der Waals surface area contributed by atoms with Crippen LogP contribution in [0.5, 0.6) is 0 Å². The van der Waals surface area contributed by atoms with E-state index in [1.165, 1.54) is 38.4 Å². The van der Waals surface area contributed by atoms with E-state index in [1.54, 1.807) is 0 Å². The molecule has 2 unspecified atom stereocenters. The molecule has 6 aliphatic rings. The third-order valence-corrected chi connectivity index (χ3v) is 16.1. The Labute approximate surface area is 249 Å². The summed E-state index contributed by atoms with van der Waals surface area (Å²) in [6.07, 6.45) is 14.2. The molecule has 1 spiro atoms. The molecule has 41 heavy (non-hydrogen) atoms. The van der Waals surface area contributed by atoms with Crippen molar-refractivity contribution in [2.45, 2.75) is 144 Å². The molecule has 0 aromatic rings. The summed E-state index contributed by atoms with van der Waals surface area (Å²) in [5.41, 5.74) is -0.888. The van der Waals surface area contributed by atoms with Gasteiger partial charge >= 0.3 is 5.97 Å². The van der Waals surface area contributed by atoms with Crippen molar-refractivity contribution in [3.63, 3.8) is 0 Å². The van der Waals surface area contributed by atoms with E-state index < -0.39 is 5.60 Å². The molecule has 5 saturated carbocycles. The Hall–Kier alpha value is -1.19. The van der Waals surface area contributed by atoms with Crippen molar-refractivity contribution in [3.05, 3.63) is 0 Å². The van der Waals surface area contributed by atoms with Crippen molar-refractivity contribution in [3.8, 4) is 0 Å². The number of hydrogen-bond acceptors (Lipinski definition) is 4. The zero-order valence-corrected chi connectivity index (χ0v) is 27.4. The second kappa shape index (κ2) is 9.40. The van der Waals surface area contributed by atoms with Gasteiger partial charge in [0.2, 0.25) is 0 Å². The lowest BCUT2D eigenvalue weighted by Crippen LogP contribution is -2.70. The maximum Gasteiger partial charge on any atom is 0.309 e. The molecule has 6 fully saturated rings. The van der Waals surface area contributed by atoms with Crippen LogP contribution in [0.1, 0.15) is 139 Å². The van der Waals surface area contributed by atoms with Gasteiger partial charge in [-0.3, -0.25) is 9.59 Å². The summed E-state index contributed by atoms with van der Waals surface area (Å²) in [6.45, 7) is 19.2. The summed E-state index contributed by atoms with van der Waals surface area (Å²) >= 11 is 0. The van der Waals surface area contributed by atoms with Crippen molar-refractivity contribution >= 4 is 18.0 Å². The summed E-state index contributed by atoms with van der Waals surface area (Å²) in [5, 5.41) is 0. The third kappa shape index (κ3) is 3.60. The average Bonchev–Trinajstić information content (AvgIpc) is 3.25. The Morgan fingerprint density at radius 3 is 2.22 bits per heavy atom. The van der Waals surface area contributed by atoms with Crippen LogP contribution in [0.2, 0.25) is 0 Å². The van der Waals surface area contributed by atoms with Crippen LogP contribution >= 0.6 is 0 Å². The first kappa shape index (κ1) is 29.9. The summed E-state index contributed by atoms with van der Waals surface area (Å²) in [5.74, 6) is 3.27. The van der Waals surface area contributed by atoms with Gasteiger partial charge in [0.05, 0.1) is 5.92 Å². The van der Waals surface area contributed by atoms with E-state index in [0.717, 1.165) is 32.1 Å². The average molecular weight is 567 g/mol. The molecule has 1 saturated heterocycles. The Morgan fingerprint density at radius 1 is 0.829 bits per heavy atom. The monoisotopic (exact) mass is 566 g/mol. The van der Waals surface area contributed by atoms with Crippen LogP contribution in [0.15, 0.2) is 0 Å². The third-order valence-electron chi connectivity index (χ3n) is 16.1. The minimum atomic E-state index is -0.976. The molecule has 1 heterocycles. The number of carbonyl (C=O) groups is 3. The fourth-order valence-corrected chi connectivity index (χ4v) is 13.6. The number of esters is 1. The Bertz CT molecular complexity index is 1110. The highest BCUT2D eigenvalue weighted by Crippen LogP contribution is 2.78. The highest BCUT2D eigenvalue weighted by Gasteiger charge is 2.73. The number of rotatable bonds is 3. The number of hydrogen-bond donors (Lipinski definition) is 0. The second-order valence-corrected chi connectivity index (χ2v) is 17.5. The molecular weight excluding hydrogens is 508 g/mol. The number of aldehydes is 1. The lowest BCUT2D eigenvalue weighted by Gasteiger charge is -2.73. The summed E-state index contributed by atoms with van der Waals surface area (Å²) in [6, 6.07) is 0. The van der Waals surface area contributed by atoms with Crippen LogP contribution in [0.4, 0.5) is 0 Å². The molecule has 1 aliphatic heterocycles. The maximum absolute atomic E-state index is 13.9. The van der Waals surface area contributed by atoms with Crippen LogP contribution in [0, 0.1) is 68.5 Å². The predicted octanol–water partition coefficient (Wildman–Crippen LogP) is 8.59. The normalized spacial score (nSPS) is 52.6. The lowest BCUT2D eigenvalue weighted by molar-refractivity contribution is -0.263. The summed E-state index contributed by atoms with van der Waals surface area (Å²) in [4.78, 5) is 40.0. The molecule has 0 bridgehead atoms.